The average molecular weight is 266 g/mol. The molecule has 0 bridgehead atoms. The molecule has 1 heterocycles. The number of hydrogen-bond acceptors (Lipinski definition) is 2. The van der Waals surface area contributed by atoms with Crippen molar-refractivity contribution in [3.63, 3.8) is 0 Å². The van der Waals surface area contributed by atoms with Crippen molar-refractivity contribution >= 4 is 11.4 Å². The van der Waals surface area contributed by atoms with Crippen LogP contribution in [-0.4, -0.2) is 13.1 Å². The van der Waals surface area contributed by atoms with E-state index in [1.54, 1.807) is 0 Å². The molecular formula is C18H22N2. The second kappa shape index (κ2) is 5.58. The van der Waals surface area contributed by atoms with Crippen molar-refractivity contribution in [2.45, 2.75) is 25.7 Å². The van der Waals surface area contributed by atoms with Gasteiger partial charge in [-0.3, -0.25) is 0 Å². The third-order valence-electron chi connectivity index (χ3n) is 4.31. The fraction of sp³-hybridized carbons (Fsp3) is 0.333. The standard InChI is InChI=1S/C18H22N2/c1-2-14-3-9-18(10-4-14)20-12-11-16(13-20)15-5-7-17(19)8-6-15/h3-10,16H,2,11-13,19H2,1H3. The molecule has 1 saturated heterocycles. The van der Waals surface area contributed by atoms with Crippen LogP contribution in [0.2, 0.25) is 0 Å². The summed E-state index contributed by atoms with van der Waals surface area (Å²) in [7, 11) is 0. The zero-order valence-corrected chi connectivity index (χ0v) is 12.0. The minimum absolute atomic E-state index is 0.626. The van der Waals surface area contributed by atoms with Gasteiger partial charge in [0, 0.05) is 30.4 Å². The van der Waals surface area contributed by atoms with Gasteiger partial charge in [0.05, 0.1) is 0 Å². The van der Waals surface area contributed by atoms with Crippen molar-refractivity contribution in [3.8, 4) is 0 Å². The highest BCUT2D eigenvalue weighted by Gasteiger charge is 2.23. The summed E-state index contributed by atoms with van der Waals surface area (Å²) in [5.41, 5.74) is 10.8. The smallest absolute Gasteiger partial charge is 0.0366 e. The number of benzene rings is 2. The first-order chi connectivity index (χ1) is 9.76. The highest BCUT2D eigenvalue weighted by atomic mass is 15.1. The third kappa shape index (κ3) is 2.64. The molecule has 0 amide bonds. The summed E-state index contributed by atoms with van der Waals surface area (Å²) < 4.78 is 0. The van der Waals surface area contributed by atoms with E-state index in [0.717, 1.165) is 25.2 Å². The van der Waals surface area contributed by atoms with E-state index in [1.165, 1.54) is 23.2 Å². The van der Waals surface area contributed by atoms with Crippen molar-refractivity contribution in [1.29, 1.82) is 0 Å². The van der Waals surface area contributed by atoms with Crippen LogP contribution >= 0.6 is 0 Å². The SMILES string of the molecule is CCc1ccc(N2CCC(c3ccc(N)cc3)C2)cc1. The van der Waals surface area contributed by atoms with E-state index >= 15 is 0 Å². The van der Waals surface area contributed by atoms with E-state index in [-0.39, 0.29) is 0 Å². The van der Waals surface area contributed by atoms with Gasteiger partial charge >= 0.3 is 0 Å². The van der Waals surface area contributed by atoms with Gasteiger partial charge in [0.1, 0.15) is 0 Å². The Bertz CT molecular complexity index is 557. The highest BCUT2D eigenvalue weighted by molar-refractivity contribution is 5.50. The van der Waals surface area contributed by atoms with Gasteiger partial charge < -0.3 is 10.6 Å². The maximum Gasteiger partial charge on any atom is 0.0366 e. The normalized spacial score (nSPS) is 18.4. The van der Waals surface area contributed by atoms with Crippen molar-refractivity contribution in [2.75, 3.05) is 23.7 Å². The third-order valence-corrected chi connectivity index (χ3v) is 4.31. The lowest BCUT2D eigenvalue weighted by molar-refractivity contribution is 0.775. The molecule has 1 unspecified atom stereocenters. The second-order valence-corrected chi connectivity index (χ2v) is 5.62. The van der Waals surface area contributed by atoms with Crippen LogP contribution in [0.15, 0.2) is 48.5 Å². The van der Waals surface area contributed by atoms with Crippen LogP contribution in [0.25, 0.3) is 0 Å². The molecule has 3 rings (SSSR count). The van der Waals surface area contributed by atoms with Gasteiger partial charge in [0.2, 0.25) is 0 Å². The molecule has 104 valence electrons. The number of rotatable bonds is 3. The molecule has 2 heteroatoms. The van der Waals surface area contributed by atoms with E-state index in [0.29, 0.717) is 5.92 Å². The average Bonchev–Trinajstić information content (AvgIpc) is 2.98. The Hall–Kier alpha value is -1.96. The lowest BCUT2D eigenvalue weighted by Crippen LogP contribution is -2.19. The van der Waals surface area contributed by atoms with Gasteiger partial charge in [-0.05, 0) is 48.2 Å². The molecule has 2 aromatic rings. The second-order valence-electron chi connectivity index (χ2n) is 5.62. The van der Waals surface area contributed by atoms with Crippen molar-refractivity contribution < 1.29 is 0 Å². The molecule has 1 atom stereocenters. The lowest BCUT2D eigenvalue weighted by Gasteiger charge is -2.19. The molecule has 20 heavy (non-hydrogen) atoms. The minimum atomic E-state index is 0.626. The molecule has 0 radical (unpaired) electrons. The van der Waals surface area contributed by atoms with Crippen LogP contribution < -0.4 is 10.6 Å². The monoisotopic (exact) mass is 266 g/mol. The first-order valence-corrected chi connectivity index (χ1v) is 7.45. The Kier molecular flexibility index (Phi) is 3.64. The van der Waals surface area contributed by atoms with Gasteiger partial charge in [0.25, 0.3) is 0 Å². The molecular weight excluding hydrogens is 244 g/mol. The first kappa shape index (κ1) is 13.0. The molecule has 0 saturated carbocycles. The maximum atomic E-state index is 5.76. The quantitative estimate of drug-likeness (QED) is 0.856. The Labute approximate surface area is 121 Å². The molecule has 0 spiro atoms. The number of nitrogens with zero attached hydrogens (tertiary/aromatic N) is 1. The molecule has 1 aliphatic rings. The fourth-order valence-electron chi connectivity index (χ4n) is 2.98. The van der Waals surface area contributed by atoms with Gasteiger partial charge in [-0.25, -0.2) is 0 Å². The van der Waals surface area contributed by atoms with E-state index in [1.807, 2.05) is 12.1 Å². The number of aryl methyl sites for hydroxylation is 1. The van der Waals surface area contributed by atoms with Gasteiger partial charge in [0.15, 0.2) is 0 Å². The minimum Gasteiger partial charge on any atom is -0.399 e. The summed E-state index contributed by atoms with van der Waals surface area (Å²) >= 11 is 0. The number of nitrogens with two attached hydrogens (primary N) is 1. The summed E-state index contributed by atoms with van der Waals surface area (Å²) in [5, 5.41) is 0. The van der Waals surface area contributed by atoms with Crippen molar-refractivity contribution in [1.82, 2.24) is 0 Å². The molecule has 2 nitrogen and oxygen atoms in total. The Morgan fingerprint density at radius 1 is 1.05 bits per heavy atom. The van der Waals surface area contributed by atoms with Crippen LogP contribution in [0.3, 0.4) is 0 Å². The van der Waals surface area contributed by atoms with Crippen LogP contribution in [0.5, 0.6) is 0 Å². The first-order valence-electron chi connectivity index (χ1n) is 7.45. The highest BCUT2D eigenvalue weighted by Crippen LogP contribution is 2.31. The predicted molar refractivity (Wildman–Crippen MR) is 86.2 cm³/mol. The van der Waals surface area contributed by atoms with Gasteiger partial charge in [-0.2, -0.15) is 0 Å². The van der Waals surface area contributed by atoms with Gasteiger partial charge in [-0.1, -0.05) is 31.2 Å². The summed E-state index contributed by atoms with van der Waals surface area (Å²) in [6.07, 6.45) is 2.33. The Morgan fingerprint density at radius 2 is 1.75 bits per heavy atom. The van der Waals surface area contributed by atoms with E-state index in [9.17, 15) is 0 Å². The zero-order chi connectivity index (χ0) is 13.9. The Morgan fingerprint density at radius 3 is 2.40 bits per heavy atom. The summed E-state index contributed by atoms with van der Waals surface area (Å²) in [4.78, 5) is 2.49. The topological polar surface area (TPSA) is 29.3 Å². The molecule has 1 fully saturated rings. The van der Waals surface area contributed by atoms with E-state index in [2.05, 4.69) is 48.2 Å². The number of hydrogen-bond donors (Lipinski definition) is 1. The predicted octanol–water partition coefficient (Wildman–Crippen LogP) is 3.83. The van der Waals surface area contributed by atoms with Gasteiger partial charge in [-0.15, -0.1) is 0 Å². The molecule has 2 N–H and O–H groups in total. The molecule has 0 aromatic heterocycles. The number of anilines is 2. The lowest BCUT2D eigenvalue weighted by atomic mass is 9.98. The fourth-order valence-corrected chi connectivity index (χ4v) is 2.98. The van der Waals surface area contributed by atoms with Crippen LogP contribution in [0.4, 0.5) is 11.4 Å². The summed E-state index contributed by atoms with van der Waals surface area (Å²) in [6, 6.07) is 17.3. The molecule has 1 aliphatic heterocycles. The number of nitrogen functional groups attached to an aromatic ring is 1. The molecule has 2 aromatic carbocycles. The van der Waals surface area contributed by atoms with E-state index < -0.39 is 0 Å². The largest absolute Gasteiger partial charge is 0.399 e. The van der Waals surface area contributed by atoms with Crippen molar-refractivity contribution in [3.05, 3.63) is 59.7 Å². The summed E-state index contributed by atoms with van der Waals surface area (Å²) in [5.74, 6) is 0.626. The molecule has 0 aliphatic carbocycles. The van der Waals surface area contributed by atoms with Crippen molar-refractivity contribution in [2.24, 2.45) is 0 Å². The maximum absolute atomic E-state index is 5.76. The van der Waals surface area contributed by atoms with Crippen LogP contribution in [0.1, 0.15) is 30.4 Å². The zero-order valence-electron chi connectivity index (χ0n) is 12.0. The van der Waals surface area contributed by atoms with Crippen LogP contribution in [0, 0.1) is 0 Å². The Balaban J connectivity index is 1.71. The summed E-state index contributed by atoms with van der Waals surface area (Å²) in [6.45, 7) is 4.44. The van der Waals surface area contributed by atoms with Crippen LogP contribution in [-0.2, 0) is 6.42 Å². The van der Waals surface area contributed by atoms with E-state index in [4.69, 9.17) is 5.73 Å².